The van der Waals surface area contributed by atoms with Crippen LogP contribution in [0.3, 0.4) is 0 Å². The molecule has 0 atom stereocenters. The molecule has 1 aromatic carbocycles. The van der Waals surface area contributed by atoms with Crippen molar-refractivity contribution in [3.05, 3.63) is 35.4 Å². The number of nitrogens with zero attached hydrogens (tertiary/aromatic N) is 2. The Morgan fingerprint density at radius 2 is 2.11 bits per heavy atom. The molecule has 0 fully saturated rings. The van der Waals surface area contributed by atoms with Gasteiger partial charge in [0.15, 0.2) is 17.5 Å². The molecule has 3 N–H and O–H groups in total. The van der Waals surface area contributed by atoms with E-state index in [4.69, 9.17) is 10.9 Å². The van der Waals surface area contributed by atoms with Gasteiger partial charge < -0.3 is 10.9 Å². The van der Waals surface area contributed by atoms with Gasteiger partial charge in [-0.3, -0.25) is 4.90 Å². The third-order valence-electron chi connectivity index (χ3n) is 2.44. The monoisotopic (exact) mass is 257 g/mol. The molecule has 0 aromatic heterocycles. The first-order valence-corrected chi connectivity index (χ1v) is 5.69. The molecule has 1 aromatic rings. The minimum atomic E-state index is -0.868. The Bertz CT molecular complexity index is 424. The second-order valence-electron chi connectivity index (χ2n) is 4.05. The Hall–Kier alpha value is -1.69. The lowest BCUT2D eigenvalue weighted by atomic mass is 10.2. The Balaban J connectivity index is 2.73. The maximum absolute atomic E-state index is 13.1. The van der Waals surface area contributed by atoms with E-state index in [1.807, 2.05) is 11.8 Å². The molecule has 0 spiro atoms. The quantitative estimate of drug-likeness (QED) is 0.354. The van der Waals surface area contributed by atoms with E-state index < -0.39 is 11.6 Å². The van der Waals surface area contributed by atoms with Gasteiger partial charge in [0.1, 0.15) is 0 Å². The van der Waals surface area contributed by atoms with E-state index >= 15 is 0 Å². The van der Waals surface area contributed by atoms with Crippen LogP contribution in [0.1, 0.15) is 18.9 Å². The second kappa shape index (κ2) is 6.90. The van der Waals surface area contributed by atoms with Gasteiger partial charge in [0.05, 0.1) is 6.54 Å². The number of amidine groups is 1. The summed E-state index contributed by atoms with van der Waals surface area (Å²) in [6.45, 7) is 3.41. The van der Waals surface area contributed by atoms with E-state index in [1.165, 1.54) is 6.07 Å². The van der Waals surface area contributed by atoms with Crippen LogP contribution in [0.15, 0.2) is 23.4 Å². The normalized spacial score (nSPS) is 12.1. The molecule has 0 aliphatic heterocycles. The van der Waals surface area contributed by atoms with Crippen LogP contribution in [0.5, 0.6) is 0 Å². The average molecular weight is 257 g/mol. The highest BCUT2D eigenvalue weighted by Gasteiger charge is 2.09. The molecule has 0 unspecified atom stereocenters. The number of oxime groups is 1. The molecule has 4 nitrogen and oxygen atoms in total. The number of benzene rings is 1. The summed E-state index contributed by atoms with van der Waals surface area (Å²) in [5.41, 5.74) is 6.08. The summed E-state index contributed by atoms with van der Waals surface area (Å²) in [5, 5.41) is 11.4. The first-order chi connectivity index (χ1) is 8.56. The summed E-state index contributed by atoms with van der Waals surface area (Å²) < 4.78 is 25.9. The van der Waals surface area contributed by atoms with Gasteiger partial charge in [-0.25, -0.2) is 8.78 Å². The van der Waals surface area contributed by atoms with E-state index in [1.54, 1.807) is 0 Å². The SMILES string of the molecule is CCCN(C/C(N)=N/O)Cc1ccc(F)c(F)c1. The van der Waals surface area contributed by atoms with Crippen molar-refractivity contribution < 1.29 is 14.0 Å². The van der Waals surface area contributed by atoms with Crippen molar-refractivity contribution in [2.45, 2.75) is 19.9 Å². The van der Waals surface area contributed by atoms with Gasteiger partial charge >= 0.3 is 0 Å². The zero-order valence-corrected chi connectivity index (χ0v) is 10.2. The summed E-state index contributed by atoms with van der Waals surface area (Å²) in [4.78, 5) is 1.89. The van der Waals surface area contributed by atoms with Crippen LogP contribution >= 0.6 is 0 Å². The smallest absolute Gasteiger partial charge is 0.159 e. The Morgan fingerprint density at radius 3 is 2.67 bits per heavy atom. The predicted molar refractivity (Wildman–Crippen MR) is 65.3 cm³/mol. The molecule has 1 rings (SSSR count). The van der Waals surface area contributed by atoms with Gasteiger partial charge in [-0.05, 0) is 30.7 Å². The van der Waals surface area contributed by atoms with Crippen LogP contribution in [-0.4, -0.2) is 29.0 Å². The van der Waals surface area contributed by atoms with Gasteiger partial charge in [-0.1, -0.05) is 18.1 Å². The highest BCUT2D eigenvalue weighted by atomic mass is 19.2. The fraction of sp³-hybridized carbons (Fsp3) is 0.417. The molecule has 0 amide bonds. The summed E-state index contributed by atoms with van der Waals surface area (Å²) in [6, 6.07) is 3.77. The molecular weight excluding hydrogens is 240 g/mol. The van der Waals surface area contributed by atoms with Gasteiger partial charge in [0.25, 0.3) is 0 Å². The fourth-order valence-corrected chi connectivity index (χ4v) is 1.69. The third kappa shape index (κ3) is 4.29. The van der Waals surface area contributed by atoms with Gasteiger partial charge in [0.2, 0.25) is 0 Å². The van der Waals surface area contributed by atoms with Crippen LogP contribution in [0.25, 0.3) is 0 Å². The van der Waals surface area contributed by atoms with Gasteiger partial charge in [0, 0.05) is 6.54 Å². The molecule has 0 saturated carbocycles. The van der Waals surface area contributed by atoms with Crippen LogP contribution in [0, 0.1) is 11.6 Å². The second-order valence-corrected chi connectivity index (χ2v) is 4.05. The highest BCUT2D eigenvalue weighted by Crippen LogP contribution is 2.11. The largest absolute Gasteiger partial charge is 0.409 e. The lowest BCUT2D eigenvalue weighted by molar-refractivity contribution is 0.285. The first-order valence-electron chi connectivity index (χ1n) is 5.69. The summed E-state index contributed by atoms with van der Waals surface area (Å²) in [7, 11) is 0. The van der Waals surface area contributed by atoms with E-state index in [2.05, 4.69) is 5.16 Å². The topological polar surface area (TPSA) is 61.8 Å². The third-order valence-corrected chi connectivity index (χ3v) is 2.44. The number of hydrogen-bond acceptors (Lipinski definition) is 3. The molecule has 0 bridgehead atoms. The molecule has 100 valence electrons. The zero-order chi connectivity index (χ0) is 13.5. The molecule has 0 heterocycles. The van der Waals surface area contributed by atoms with Crippen LogP contribution < -0.4 is 5.73 Å². The molecule has 0 saturated heterocycles. The molecule has 18 heavy (non-hydrogen) atoms. The maximum atomic E-state index is 13.1. The Labute approximate surface area is 105 Å². The van der Waals surface area contributed by atoms with Crippen LogP contribution in [0.2, 0.25) is 0 Å². The molecule has 0 aliphatic rings. The fourth-order valence-electron chi connectivity index (χ4n) is 1.69. The van der Waals surface area contributed by atoms with E-state index in [-0.39, 0.29) is 12.4 Å². The van der Waals surface area contributed by atoms with Crippen LogP contribution in [0.4, 0.5) is 8.78 Å². The lowest BCUT2D eigenvalue weighted by Gasteiger charge is -2.20. The molecule has 6 heteroatoms. The van der Waals surface area contributed by atoms with Crippen molar-refractivity contribution in [1.29, 1.82) is 0 Å². The predicted octanol–water partition coefficient (Wildman–Crippen LogP) is 1.92. The van der Waals surface area contributed by atoms with Gasteiger partial charge in [-0.2, -0.15) is 0 Å². The summed E-state index contributed by atoms with van der Waals surface area (Å²) >= 11 is 0. The summed E-state index contributed by atoms with van der Waals surface area (Å²) in [5.74, 6) is -1.64. The van der Waals surface area contributed by atoms with Crippen molar-refractivity contribution in [2.24, 2.45) is 10.9 Å². The molecule has 0 radical (unpaired) electrons. The zero-order valence-electron chi connectivity index (χ0n) is 10.2. The molecule has 0 aliphatic carbocycles. The minimum absolute atomic E-state index is 0.0889. The first kappa shape index (κ1) is 14.4. The van der Waals surface area contributed by atoms with E-state index in [0.717, 1.165) is 25.1 Å². The number of hydrogen-bond donors (Lipinski definition) is 2. The van der Waals surface area contributed by atoms with Crippen molar-refractivity contribution in [3.63, 3.8) is 0 Å². The Morgan fingerprint density at radius 1 is 1.39 bits per heavy atom. The maximum Gasteiger partial charge on any atom is 0.159 e. The van der Waals surface area contributed by atoms with Crippen LogP contribution in [-0.2, 0) is 6.54 Å². The highest BCUT2D eigenvalue weighted by molar-refractivity contribution is 5.81. The van der Waals surface area contributed by atoms with E-state index in [9.17, 15) is 8.78 Å². The lowest BCUT2D eigenvalue weighted by Crippen LogP contribution is -2.34. The average Bonchev–Trinajstić information content (AvgIpc) is 2.34. The van der Waals surface area contributed by atoms with Gasteiger partial charge in [-0.15, -0.1) is 0 Å². The minimum Gasteiger partial charge on any atom is -0.409 e. The summed E-state index contributed by atoms with van der Waals surface area (Å²) in [6.07, 6.45) is 0.877. The molecular formula is C12H17F2N3O. The number of nitrogens with two attached hydrogens (primary N) is 1. The van der Waals surface area contributed by atoms with Crippen molar-refractivity contribution in [1.82, 2.24) is 4.90 Å². The Kier molecular flexibility index (Phi) is 5.51. The van der Waals surface area contributed by atoms with Crippen molar-refractivity contribution >= 4 is 5.84 Å². The van der Waals surface area contributed by atoms with E-state index in [0.29, 0.717) is 12.1 Å². The van der Waals surface area contributed by atoms with Crippen molar-refractivity contribution in [2.75, 3.05) is 13.1 Å². The number of halogens is 2. The standard InChI is InChI=1S/C12H17F2N3O/c1-2-5-17(8-12(15)16-18)7-9-3-4-10(13)11(14)6-9/h3-4,6,18H,2,5,7-8H2,1H3,(H2,15,16). The van der Waals surface area contributed by atoms with Crippen molar-refractivity contribution in [3.8, 4) is 0 Å². The number of rotatable bonds is 6.